The van der Waals surface area contributed by atoms with E-state index in [0.29, 0.717) is 11.8 Å². The Morgan fingerprint density at radius 2 is 1.63 bits per heavy atom. The molecule has 3 aromatic rings. The maximum Gasteiger partial charge on any atom is 0.323 e. The lowest BCUT2D eigenvalue weighted by Crippen LogP contribution is -2.32. The number of hydrogen-bond acceptors (Lipinski definition) is 8. The van der Waals surface area contributed by atoms with Crippen LogP contribution < -0.4 is 10.6 Å². The van der Waals surface area contributed by atoms with Gasteiger partial charge in [0, 0.05) is 38.1 Å². The van der Waals surface area contributed by atoms with Crippen molar-refractivity contribution in [1.29, 1.82) is 0 Å². The molecule has 0 aliphatic carbocycles. The number of benzene rings is 1. The lowest BCUT2D eigenvalue weighted by Gasteiger charge is -2.31. The maximum absolute atomic E-state index is 5.60. The predicted molar refractivity (Wildman–Crippen MR) is 119 cm³/mol. The van der Waals surface area contributed by atoms with Crippen LogP contribution in [0.25, 0.3) is 11.1 Å². The van der Waals surface area contributed by atoms with E-state index in [1.54, 1.807) is 12.4 Å². The fourth-order valence-electron chi connectivity index (χ4n) is 3.24. The van der Waals surface area contributed by atoms with E-state index < -0.39 is 0 Å². The summed E-state index contributed by atoms with van der Waals surface area (Å²) in [5, 5.41) is 4.35. The van der Waals surface area contributed by atoms with Gasteiger partial charge in [0.1, 0.15) is 0 Å². The van der Waals surface area contributed by atoms with Gasteiger partial charge in [-0.1, -0.05) is 43.3 Å². The van der Waals surface area contributed by atoms with Gasteiger partial charge in [0.2, 0.25) is 5.95 Å². The van der Waals surface area contributed by atoms with Crippen LogP contribution in [0.4, 0.5) is 12.0 Å². The van der Waals surface area contributed by atoms with E-state index >= 15 is 0 Å². The molecule has 1 aromatic carbocycles. The second-order valence-electron chi connectivity index (χ2n) is 8.39. The third-order valence-corrected chi connectivity index (χ3v) is 5.73. The van der Waals surface area contributed by atoms with Gasteiger partial charge in [-0.15, -0.1) is 0 Å². The lowest BCUT2D eigenvalue weighted by molar-refractivity contribution is 0.347. The van der Waals surface area contributed by atoms with E-state index in [2.05, 4.69) is 65.1 Å². The third kappa shape index (κ3) is 4.43. The molecule has 1 atom stereocenters. The van der Waals surface area contributed by atoms with Crippen molar-refractivity contribution < 1.29 is 4.52 Å². The van der Waals surface area contributed by atoms with Crippen molar-refractivity contribution in [1.82, 2.24) is 25.0 Å². The van der Waals surface area contributed by atoms with Crippen LogP contribution in [0, 0.1) is 5.92 Å². The molecule has 0 bridgehead atoms. The van der Waals surface area contributed by atoms with Crippen molar-refractivity contribution in [2.24, 2.45) is 5.92 Å². The molecule has 3 rings (SSSR count). The first-order chi connectivity index (χ1) is 14.2. The van der Waals surface area contributed by atoms with Crippen LogP contribution in [0.1, 0.15) is 32.2 Å². The van der Waals surface area contributed by atoms with E-state index in [1.807, 2.05) is 26.0 Å². The second kappa shape index (κ2) is 8.79. The highest BCUT2D eigenvalue weighted by molar-refractivity contribution is 5.62. The van der Waals surface area contributed by atoms with Crippen LogP contribution in [0.3, 0.4) is 0 Å². The summed E-state index contributed by atoms with van der Waals surface area (Å²) in [6.07, 6.45) is 3.46. The molecule has 0 spiro atoms. The minimum atomic E-state index is -0.389. The summed E-state index contributed by atoms with van der Waals surface area (Å²) in [5.41, 5.74) is 8.28. The Kier molecular flexibility index (Phi) is 6.36. The monoisotopic (exact) mass is 409 g/mol. The van der Waals surface area contributed by atoms with Crippen LogP contribution in [-0.4, -0.2) is 59.2 Å². The number of anilines is 2. The predicted octanol–water partition coefficient (Wildman–Crippen LogP) is 3.07. The van der Waals surface area contributed by atoms with Crippen molar-refractivity contribution in [3.63, 3.8) is 0 Å². The zero-order chi connectivity index (χ0) is 21.9. The van der Waals surface area contributed by atoms with Crippen LogP contribution in [-0.2, 0) is 5.41 Å². The highest BCUT2D eigenvalue weighted by atomic mass is 16.5. The van der Waals surface area contributed by atoms with Gasteiger partial charge in [-0.25, -0.2) is 9.97 Å². The van der Waals surface area contributed by atoms with E-state index in [0.717, 1.165) is 29.8 Å². The number of hydrogen-bond donors (Lipinski definition) is 1. The number of rotatable bonds is 8. The summed E-state index contributed by atoms with van der Waals surface area (Å²) in [5.74, 6) is 1.22. The molecule has 8 nitrogen and oxygen atoms in total. The van der Waals surface area contributed by atoms with Gasteiger partial charge in [-0.05, 0) is 38.1 Å². The molecule has 0 saturated heterocycles. The highest BCUT2D eigenvalue weighted by Crippen LogP contribution is 2.38. The SMILES string of the molecule is CC(C)C(C)(c1ccc(-c2cnc(N)nc2)cc1)c1noc(N(C)CCN(C)C)n1. The topological polar surface area (TPSA) is 97.2 Å². The Morgan fingerprint density at radius 3 is 2.20 bits per heavy atom. The molecule has 0 radical (unpaired) electrons. The smallest absolute Gasteiger partial charge is 0.323 e. The summed E-state index contributed by atoms with van der Waals surface area (Å²) in [7, 11) is 6.06. The van der Waals surface area contributed by atoms with Crippen molar-refractivity contribution in [3.05, 3.63) is 48.0 Å². The van der Waals surface area contributed by atoms with Crippen LogP contribution >= 0.6 is 0 Å². The molecule has 30 heavy (non-hydrogen) atoms. The van der Waals surface area contributed by atoms with Crippen LogP contribution in [0.2, 0.25) is 0 Å². The molecule has 160 valence electrons. The van der Waals surface area contributed by atoms with Gasteiger partial charge in [0.05, 0.1) is 5.41 Å². The van der Waals surface area contributed by atoms with E-state index in [-0.39, 0.29) is 17.3 Å². The van der Waals surface area contributed by atoms with Crippen molar-refractivity contribution in [3.8, 4) is 11.1 Å². The molecule has 8 heteroatoms. The van der Waals surface area contributed by atoms with Crippen molar-refractivity contribution >= 4 is 12.0 Å². The van der Waals surface area contributed by atoms with E-state index in [9.17, 15) is 0 Å². The number of nitrogens with zero attached hydrogens (tertiary/aromatic N) is 6. The average Bonchev–Trinajstić information content (AvgIpc) is 3.23. The van der Waals surface area contributed by atoms with Gasteiger partial charge in [-0.3, -0.25) is 0 Å². The molecule has 0 amide bonds. The summed E-state index contributed by atoms with van der Waals surface area (Å²) in [4.78, 5) is 17.0. The van der Waals surface area contributed by atoms with Crippen molar-refractivity contribution in [2.75, 3.05) is 44.9 Å². The zero-order valence-corrected chi connectivity index (χ0v) is 18.6. The average molecular weight is 410 g/mol. The number of nitrogens with two attached hydrogens (primary N) is 1. The summed E-state index contributed by atoms with van der Waals surface area (Å²) >= 11 is 0. The van der Waals surface area contributed by atoms with Gasteiger partial charge in [0.25, 0.3) is 0 Å². The normalized spacial score (nSPS) is 13.6. The third-order valence-electron chi connectivity index (χ3n) is 5.73. The van der Waals surface area contributed by atoms with Crippen molar-refractivity contribution in [2.45, 2.75) is 26.2 Å². The summed E-state index contributed by atoms with van der Waals surface area (Å²) < 4.78 is 5.60. The Morgan fingerprint density at radius 1 is 1.00 bits per heavy atom. The number of aromatic nitrogens is 4. The quantitative estimate of drug-likeness (QED) is 0.606. The zero-order valence-electron chi connectivity index (χ0n) is 18.6. The number of likely N-dealkylation sites (N-methyl/N-ethyl adjacent to an activating group) is 2. The molecule has 1 unspecified atom stereocenters. The Hall–Kier alpha value is -3.00. The van der Waals surface area contributed by atoms with E-state index in [1.165, 1.54) is 0 Å². The standard InChI is InChI=1S/C22H31N7O/c1-15(2)22(3,19-26-21(30-27-19)29(6)12-11-28(4)5)18-9-7-16(8-10-18)17-13-24-20(23)25-14-17/h7-10,13-15H,11-12H2,1-6H3,(H2,23,24,25). The Bertz CT molecular complexity index is 950. The molecule has 0 aliphatic heterocycles. The molecule has 0 saturated carbocycles. The van der Waals surface area contributed by atoms with Crippen LogP contribution in [0.15, 0.2) is 41.2 Å². The fraction of sp³-hybridized carbons (Fsp3) is 0.455. The maximum atomic E-state index is 5.60. The molecular formula is C22H31N7O. The number of nitrogen functional groups attached to an aromatic ring is 1. The first kappa shape index (κ1) is 21.7. The first-order valence-corrected chi connectivity index (χ1v) is 10.1. The Balaban J connectivity index is 1.88. The molecule has 2 aromatic heterocycles. The minimum Gasteiger partial charge on any atom is -0.368 e. The largest absolute Gasteiger partial charge is 0.368 e. The summed E-state index contributed by atoms with van der Waals surface area (Å²) in [6, 6.07) is 8.88. The molecule has 0 fully saturated rings. The molecular weight excluding hydrogens is 378 g/mol. The summed E-state index contributed by atoms with van der Waals surface area (Å²) in [6.45, 7) is 8.23. The van der Waals surface area contributed by atoms with E-state index in [4.69, 9.17) is 15.2 Å². The Labute approximate surface area is 178 Å². The lowest BCUT2D eigenvalue weighted by atomic mass is 9.72. The van der Waals surface area contributed by atoms with Gasteiger partial charge in [-0.2, -0.15) is 4.98 Å². The first-order valence-electron chi connectivity index (χ1n) is 10.1. The minimum absolute atomic E-state index is 0.265. The molecule has 0 aliphatic rings. The highest BCUT2D eigenvalue weighted by Gasteiger charge is 2.37. The van der Waals surface area contributed by atoms with Gasteiger partial charge >= 0.3 is 6.01 Å². The van der Waals surface area contributed by atoms with Gasteiger partial charge in [0.15, 0.2) is 5.82 Å². The molecule has 2 N–H and O–H groups in total. The fourth-order valence-corrected chi connectivity index (χ4v) is 3.24. The molecule has 2 heterocycles. The van der Waals surface area contributed by atoms with Gasteiger partial charge < -0.3 is 20.1 Å². The second-order valence-corrected chi connectivity index (χ2v) is 8.39. The van der Waals surface area contributed by atoms with Crippen LogP contribution in [0.5, 0.6) is 0 Å².